The number of rotatable bonds is 7. The number of Topliss-reactive ketones (excluding diaryl/α,β-unsaturated/α-hetero) is 1. The van der Waals surface area contributed by atoms with Crippen LogP contribution in [0.2, 0.25) is 0 Å². The van der Waals surface area contributed by atoms with Crippen molar-refractivity contribution in [1.29, 1.82) is 0 Å². The zero-order valence-electron chi connectivity index (χ0n) is 18.0. The molecule has 4 rings (SSSR count). The van der Waals surface area contributed by atoms with E-state index >= 15 is 0 Å². The number of phenolic OH excluding ortho intramolecular Hbond substituents is 1. The lowest BCUT2D eigenvalue weighted by molar-refractivity contribution is -0.132. The van der Waals surface area contributed by atoms with Crippen LogP contribution in [0, 0.1) is 0 Å². The van der Waals surface area contributed by atoms with Gasteiger partial charge in [-0.1, -0.05) is 25.1 Å². The van der Waals surface area contributed by atoms with Crippen LogP contribution in [0.3, 0.4) is 0 Å². The molecule has 170 valence electrons. The van der Waals surface area contributed by atoms with E-state index in [1.807, 2.05) is 6.92 Å². The quantitative estimate of drug-likeness (QED) is 0.304. The number of ether oxygens (including phenoxy) is 2. The summed E-state index contributed by atoms with van der Waals surface area (Å²) in [6, 6.07) is 10.3. The molecule has 1 saturated heterocycles. The number of carbonyl (C=O) groups excluding carboxylic acids is 2. The van der Waals surface area contributed by atoms with Crippen LogP contribution in [0.1, 0.15) is 30.5 Å². The van der Waals surface area contributed by atoms with Gasteiger partial charge in [0.1, 0.15) is 11.5 Å². The van der Waals surface area contributed by atoms with Gasteiger partial charge in [-0.2, -0.15) is 0 Å². The molecule has 0 aliphatic carbocycles. The summed E-state index contributed by atoms with van der Waals surface area (Å²) in [4.78, 5) is 31.7. The summed E-state index contributed by atoms with van der Waals surface area (Å²) in [6.07, 6.45) is 2.35. The predicted octanol–water partition coefficient (Wildman–Crippen LogP) is 4.27. The zero-order valence-corrected chi connectivity index (χ0v) is 18.8. The van der Waals surface area contributed by atoms with Gasteiger partial charge in [0.2, 0.25) is 0 Å². The van der Waals surface area contributed by atoms with E-state index in [0.29, 0.717) is 28.6 Å². The van der Waals surface area contributed by atoms with Crippen LogP contribution in [0.4, 0.5) is 5.13 Å². The van der Waals surface area contributed by atoms with Gasteiger partial charge in [-0.3, -0.25) is 14.5 Å². The highest BCUT2D eigenvalue weighted by Crippen LogP contribution is 2.44. The minimum absolute atomic E-state index is 0.0874. The number of aromatic hydroxyl groups is 1. The molecule has 0 saturated carbocycles. The summed E-state index contributed by atoms with van der Waals surface area (Å²) >= 11 is 1.20. The number of aliphatic hydroxyl groups excluding tert-OH is 1. The second-order valence-corrected chi connectivity index (χ2v) is 8.16. The SMILES string of the molecule is CCCOc1cccc(/C(O)=C2\C(=O)C(=O)N(c3nccs3)C2c2ccc(O)c(OC)c2)c1. The Morgan fingerprint density at radius 2 is 2.03 bits per heavy atom. The number of nitrogens with zero attached hydrogens (tertiary/aromatic N) is 2. The molecule has 0 radical (unpaired) electrons. The first-order chi connectivity index (χ1) is 16.0. The van der Waals surface area contributed by atoms with Crippen molar-refractivity contribution in [2.24, 2.45) is 0 Å². The van der Waals surface area contributed by atoms with Crippen LogP contribution in [0.5, 0.6) is 17.2 Å². The summed E-state index contributed by atoms with van der Waals surface area (Å²) in [7, 11) is 1.40. The van der Waals surface area contributed by atoms with Gasteiger partial charge in [-0.05, 0) is 36.2 Å². The van der Waals surface area contributed by atoms with Crippen LogP contribution in [-0.4, -0.2) is 40.6 Å². The van der Waals surface area contributed by atoms with Crippen molar-refractivity contribution in [1.82, 2.24) is 4.98 Å². The molecule has 1 atom stereocenters. The Kier molecular flexibility index (Phi) is 6.32. The number of benzene rings is 2. The van der Waals surface area contributed by atoms with Crippen LogP contribution in [0.15, 0.2) is 59.6 Å². The molecule has 1 aliphatic heterocycles. The van der Waals surface area contributed by atoms with E-state index in [1.165, 1.54) is 41.7 Å². The lowest BCUT2D eigenvalue weighted by atomic mass is 9.95. The Balaban J connectivity index is 1.89. The zero-order chi connectivity index (χ0) is 23.5. The van der Waals surface area contributed by atoms with Gasteiger partial charge in [0.05, 0.1) is 25.3 Å². The van der Waals surface area contributed by atoms with Gasteiger partial charge in [0.15, 0.2) is 16.6 Å². The van der Waals surface area contributed by atoms with E-state index in [2.05, 4.69) is 4.98 Å². The van der Waals surface area contributed by atoms with Crippen LogP contribution < -0.4 is 14.4 Å². The normalized spacial score (nSPS) is 17.4. The molecule has 1 amide bonds. The maximum Gasteiger partial charge on any atom is 0.301 e. The summed E-state index contributed by atoms with van der Waals surface area (Å²) in [5, 5.41) is 23.2. The number of hydrogen-bond acceptors (Lipinski definition) is 8. The number of amides is 1. The minimum atomic E-state index is -0.967. The third-order valence-electron chi connectivity index (χ3n) is 5.17. The fraction of sp³-hybridized carbons (Fsp3) is 0.208. The Morgan fingerprint density at radius 1 is 1.21 bits per heavy atom. The first kappa shape index (κ1) is 22.3. The Morgan fingerprint density at radius 3 is 2.73 bits per heavy atom. The molecule has 9 heteroatoms. The topological polar surface area (TPSA) is 109 Å². The van der Waals surface area contributed by atoms with E-state index in [-0.39, 0.29) is 22.8 Å². The van der Waals surface area contributed by atoms with Crippen LogP contribution in [-0.2, 0) is 9.59 Å². The minimum Gasteiger partial charge on any atom is -0.507 e. The third-order valence-corrected chi connectivity index (χ3v) is 5.94. The molecule has 3 aromatic rings. The molecule has 1 unspecified atom stereocenters. The highest BCUT2D eigenvalue weighted by atomic mass is 32.1. The van der Waals surface area contributed by atoms with Crippen molar-refractivity contribution < 1.29 is 29.3 Å². The number of aliphatic hydroxyl groups is 1. The summed E-state index contributed by atoms with van der Waals surface area (Å²) in [5.74, 6) is -1.34. The van der Waals surface area contributed by atoms with E-state index in [9.17, 15) is 19.8 Å². The number of ketones is 1. The highest BCUT2D eigenvalue weighted by Gasteiger charge is 2.48. The predicted molar refractivity (Wildman–Crippen MR) is 124 cm³/mol. The van der Waals surface area contributed by atoms with Crippen molar-refractivity contribution in [3.05, 3.63) is 70.7 Å². The molecule has 8 nitrogen and oxygen atoms in total. The smallest absolute Gasteiger partial charge is 0.301 e. The Hall–Kier alpha value is -3.85. The van der Waals surface area contributed by atoms with Crippen molar-refractivity contribution in [3.8, 4) is 17.2 Å². The molecule has 2 N–H and O–H groups in total. The average molecular weight is 467 g/mol. The lowest BCUT2D eigenvalue weighted by Gasteiger charge is -2.23. The molecule has 1 fully saturated rings. The molecular weight excluding hydrogens is 444 g/mol. The lowest BCUT2D eigenvalue weighted by Crippen LogP contribution is -2.29. The van der Waals surface area contributed by atoms with Gasteiger partial charge in [0.25, 0.3) is 5.78 Å². The molecule has 2 heterocycles. The second-order valence-electron chi connectivity index (χ2n) is 7.29. The molecule has 1 aromatic heterocycles. The summed E-state index contributed by atoms with van der Waals surface area (Å²) in [6.45, 7) is 2.49. The number of aromatic nitrogens is 1. The average Bonchev–Trinajstić information content (AvgIpc) is 3.44. The van der Waals surface area contributed by atoms with Crippen molar-refractivity contribution >= 4 is 33.9 Å². The molecule has 2 aromatic carbocycles. The second kappa shape index (κ2) is 9.33. The van der Waals surface area contributed by atoms with E-state index < -0.39 is 17.7 Å². The van der Waals surface area contributed by atoms with Gasteiger partial charge in [0, 0.05) is 17.1 Å². The van der Waals surface area contributed by atoms with Crippen LogP contribution in [0.25, 0.3) is 5.76 Å². The maximum absolute atomic E-state index is 13.1. The standard InChI is InChI=1S/C24H22N2O6S/c1-3-10-32-16-6-4-5-15(12-16)21(28)19-20(14-7-8-17(27)18(13-14)31-2)26(23(30)22(19)29)24-25-9-11-33-24/h4-9,11-13,20,27-28H,3,10H2,1-2H3/b21-19+. The van der Waals surface area contributed by atoms with Gasteiger partial charge in [-0.15, -0.1) is 11.3 Å². The fourth-order valence-electron chi connectivity index (χ4n) is 3.65. The summed E-state index contributed by atoms with van der Waals surface area (Å²) in [5.41, 5.74) is 0.728. The molecular formula is C24H22N2O6S. The Bertz CT molecular complexity index is 1220. The number of thiazole rings is 1. The monoisotopic (exact) mass is 466 g/mol. The van der Waals surface area contributed by atoms with Crippen molar-refractivity contribution in [2.45, 2.75) is 19.4 Å². The van der Waals surface area contributed by atoms with E-state index in [0.717, 1.165) is 6.42 Å². The maximum atomic E-state index is 13.1. The number of anilines is 1. The first-order valence-electron chi connectivity index (χ1n) is 10.3. The largest absolute Gasteiger partial charge is 0.507 e. The van der Waals surface area contributed by atoms with E-state index in [4.69, 9.17) is 9.47 Å². The number of carbonyl (C=O) groups is 2. The fourth-order valence-corrected chi connectivity index (χ4v) is 4.32. The number of hydrogen-bond donors (Lipinski definition) is 2. The third kappa shape index (κ3) is 4.14. The Labute approximate surface area is 194 Å². The van der Waals surface area contributed by atoms with Crippen molar-refractivity contribution in [2.75, 3.05) is 18.6 Å². The van der Waals surface area contributed by atoms with E-state index in [1.54, 1.807) is 35.7 Å². The summed E-state index contributed by atoms with van der Waals surface area (Å²) < 4.78 is 10.9. The van der Waals surface area contributed by atoms with Crippen LogP contribution >= 0.6 is 11.3 Å². The first-order valence-corrected chi connectivity index (χ1v) is 11.1. The molecule has 0 bridgehead atoms. The van der Waals surface area contributed by atoms with Gasteiger partial charge >= 0.3 is 5.91 Å². The van der Waals surface area contributed by atoms with Gasteiger partial charge in [-0.25, -0.2) is 4.98 Å². The van der Waals surface area contributed by atoms with Crippen molar-refractivity contribution in [3.63, 3.8) is 0 Å². The number of phenols is 1. The molecule has 33 heavy (non-hydrogen) atoms. The van der Waals surface area contributed by atoms with Gasteiger partial charge < -0.3 is 19.7 Å². The molecule has 0 spiro atoms. The number of methoxy groups -OCH3 is 1. The molecule has 1 aliphatic rings. The highest BCUT2D eigenvalue weighted by molar-refractivity contribution is 7.14.